The predicted octanol–water partition coefficient (Wildman–Crippen LogP) is 2.98. The average molecular weight is 344 g/mol. The molecular weight excluding hydrogens is 322 g/mol. The zero-order valence-electron chi connectivity index (χ0n) is 13.7. The van der Waals surface area contributed by atoms with Crippen molar-refractivity contribution in [2.45, 2.75) is 33.2 Å². The number of carboxylic acids is 1. The van der Waals surface area contributed by atoms with Crippen LogP contribution in [-0.2, 0) is 4.79 Å². The van der Waals surface area contributed by atoms with Crippen molar-refractivity contribution in [3.63, 3.8) is 0 Å². The summed E-state index contributed by atoms with van der Waals surface area (Å²) < 4.78 is 10.6. The zero-order chi connectivity index (χ0) is 17.6. The second-order valence-electron chi connectivity index (χ2n) is 5.10. The number of carboxylic acid groups (broad SMARTS) is 1. The molecule has 0 fully saturated rings. The molecule has 1 rings (SSSR count). The number of hydrogen-bond donors (Lipinski definition) is 2. The second kappa shape index (κ2) is 8.62. The minimum atomic E-state index is -1.07. The molecule has 6 nitrogen and oxygen atoms in total. The first kappa shape index (κ1) is 19.1. The molecule has 0 aliphatic carbocycles. The van der Waals surface area contributed by atoms with E-state index in [9.17, 15) is 14.7 Å². The van der Waals surface area contributed by atoms with Gasteiger partial charge in [-0.3, -0.25) is 4.79 Å². The topological polar surface area (TPSA) is 84.9 Å². The number of rotatable bonds is 8. The number of ether oxygens (including phenoxy) is 2. The third-order valence-corrected chi connectivity index (χ3v) is 3.83. The summed E-state index contributed by atoms with van der Waals surface area (Å²) in [5.74, 6) is -1.13. The fourth-order valence-corrected chi connectivity index (χ4v) is 2.31. The van der Waals surface area contributed by atoms with Gasteiger partial charge < -0.3 is 19.9 Å². The number of aliphatic carboxylic acids is 1. The Hall–Kier alpha value is -1.95. The maximum Gasteiger partial charge on any atom is 0.326 e. The van der Waals surface area contributed by atoms with E-state index in [1.165, 1.54) is 19.2 Å². The molecule has 0 aliphatic rings. The highest BCUT2D eigenvalue weighted by atomic mass is 35.5. The first-order chi connectivity index (χ1) is 10.8. The van der Waals surface area contributed by atoms with Gasteiger partial charge in [-0.05, 0) is 25.0 Å². The van der Waals surface area contributed by atoms with Gasteiger partial charge in [-0.2, -0.15) is 0 Å². The molecule has 0 heterocycles. The molecule has 1 amide bonds. The van der Waals surface area contributed by atoms with Crippen LogP contribution in [0.1, 0.15) is 37.6 Å². The van der Waals surface area contributed by atoms with E-state index >= 15 is 0 Å². The monoisotopic (exact) mass is 343 g/mol. The van der Waals surface area contributed by atoms with Crippen LogP contribution in [0, 0.1) is 5.92 Å². The number of nitrogens with one attached hydrogen (secondary N) is 1. The van der Waals surface area contributed by atoms with E-state index in [0.29, 0.717) is 24.5 Å². The van der Waals surface area contributed by atoms with Crippen molar-refractivity contribution in [1.29, 1.82) is 0 Å². The van der Waals surface area contributed by atoms with Gasteiger partial charge in [0.05, 0.1) is 18.7 Å². The molecule has 0 aliphatic heterocycles. The van der Waals surface area contributed by atoms with Gasteiger partial charge in [-0.25, -0.2) is 4.79 Å². The Kier molecular flexibility index (Phi) is 7.16. The van der Waals surface area contributed by atoms with Crippen LogP contribution in [0.2, 0.25) is 5.02 Å². The third-order valence-electron chi connectivity index (χ3n) is 3.55. The maximum absolute atomic E-state index is 12.3. The third kappa shape index (κ3) is 4.76. The predicted molar refractivity (Wildman–Crippen MR) is 87.5 cm³/mol. The van der Waals surface area contributed by atoms with Crippen molar-refractivity contribution in [1.82, 2.24) is 5.32 Å². The summed E-state index contributed by atoms with van der Waals surface area (Å²) >= 11 is 6.12. The van der Waals surface area contributed by atoms with Gasteiger partial charge in [-0.15, -0.1) is 0 Å². The molecule has 0 spiro atoms. The Morgan fingerprint density at radius 2 is 2.00 bits per heavy atom. The van der Waals surface area contributed by atoms with Crippen LogP contribution in [0.5, 0.6) is 11.5 Å². The summed E-state index contributed by atoms with van der Waals surface area (Å²) in [6.07, 6.45) is 0.630. The van der Waals surface area contributed by atoms with Crippen molar-refractivity contribution in [2.75, 3.05) is 13.7 Å². The number of methoxy groups -OCH3 is 1. The Labute approximate surface area is 140 Å². The Bertz CT molecular complexity index is 576. The molecular formula is C16H22ClNO5. The van der Waals surface area contributed by atoms with Gasteiger partial charge in [-0.1, -0.05) is 31.9 Å². The van der Waals surface area contributed by atoms with Crippen LogP contribution in [-0.4, -0.2) is 36.7 Å². The zero-order valence-corrected chi connectivity index (χ0v) is 14.4. The van der Waals surface area contributed by atoms with Crippen molar-refractivity contribution < 1.29 is 24.2 Å². The lowest BCUT2D eigenvalue weighted by Crippen LogP contribution is -2.45. The maximum atomic E-state index is 12.3. The van der Waals surface area contributed by atoms with Crippen LogP contribution in [0.3, 0.4) is 0 Å². The van der Waals surface area contributed by atoms with Gasteiger partial charge in [0.25, 0.3) is 5.91 Å². The molecule has 1 aromatic carbocycles. The molecule has 0 aromatic heterocycles. The van der Waals surface area contributed by atoms with E-state index < -0.39 is 17.9 Å². The van der Waals surface area contributed by atoms with Crippen LogP contribution in [0.4, 0.5) is 0 Å². The van der Waals surface area contributed by atoms with Crippen LogP contribution in [0.25, 0.3) is 0 Å². The SMILES string of the molecule is CCOc1c(Cl)cc(C(=O)N[C@H](C(=O)O)[C@@H](C)CC)cc1OC. The Morgan fingerprint density at radius 1 is 1.35 bits per heavy atom. The van der Waals surface area contributed by atoms with Crippen molar-refractivity contribution in [3.8, 4) is 11.5 Å². The lowest BCUT2D eigenvalue weighted by molar-refractivity contribution is -0.140. The summed E-state index contributed by atoms with van der Waals surface area (Å²) in [5.41, 5.74) is 0.213. The van der Waals surface area contributed by atoms with E-state index in [-0.39, 0.29) is 16.5 Å². The highest BCUT2D eigenvalue weighted by Gasteiger charge is 2.26. The summed E-state index contributed by atoms with van der Waals surface area (Å²) in [7, 11) is 1.44. The summed E-state index contributed by atoms with van der Waals surface area (Å²) in [5, 5.41) is 12.0. The van der Waals surface area contributed by atoms with Gasteiger partial charge in [0, 0.05) is 5.56 Å². The molecule has 2 N–H and O–H groups in total. The molecule has 0 saturated carbocycles. The van der Waals surface area contributed by atoms with E-state index in [4.69, 9.17) is 21.1 Å². The number of benzene rings is 1. The highest BCUT2D eigenvalue weighted by molar-refractivity contribution is 6.32. The standard InChI is InChI=1S/C16H22ClNO5/c1-5-9(3)13(16(20)21)18-15(19)10-7-11(17)14(23-6-2)12(8-10)22-4/h7-9,13H,5-6H2,1-4H3,(H,18,19)(H,20,21)/t9-,13-/m0/s1. The van der Waals surface area contributed by atoms with Crippen LogP contribution < -0.4 is 14.8 Å². The smallest absolute Gasteiger partial charge is 0.326 e. The molecule has 0 unspecified atom stereocenters. The van der Waals surface area contributed by atoms with E-state index in [1.54, 1.807) is 13.8 Å². The van der Waals surface area contributed by atoms with E-state index in [2.05, 4.69) is 5.32 Å². The molecule has 128 valence electrons. The van der Waals surface area contributed by atoms with Crippen molar-refractivity contribution in [2.24, 2.45) is 5.92 Å². The lowest BCUT2D eigenvalue weighted by Gasteiger charge is -2.20. The number of carbonyl (C=O) groups is 2. The van der Waals surface area contributed by atoms with E-state index in [0.717, 1.165) is 0 Å². The average Bonchev–Trinajstić information content (AvgIpc) is 2.52. The van der Waals surface area contributed by atoms with Gasteiger partial charge in [0.1, 0.15) is 6.04 Å². The molecule has 0 saturated heterocycles. The first-order valence-electron chi connectivity index (χ1n) is 7.39. The quantitative estimate of drug-likeness (QED) is 0.758. The molecule has 2 atom stereocenters. The number of halogens is 1. The number of amides is 1. The molecule has 0 radical (unpaired) electrons. The minimum absolute atomic E-state index is 0.198. The fourth-order valence-electron chi connectivity index (χ4n) is 2.04. The second-order valence-corrected chi connectivity index (χ2v) is 5.50. The van der Waals surface area contributed by atoms with Gasteiger partial charge in [0.15, 0.2) is 11.5 Å². The minimum Gasteiger partial charge on any atom is -0.493 e. The Morgan fingerprint density at radius 3 is 2.48 bits per heavy atom. The highest BCUT2D eigenvalue weighted by Crippen LogP contribution is 2.36. The fraction of sp³-hybridized carbons (Fsp3) is 0.500. The molecule has 23 heavy (non-hydrogen) atoms. The molecule has 0 bridgehead atoms. The summed E-state index contributed by atoms with van der Waals surface area (Å²) in [6.45, 7) is 5.84. The van der Waals surface area contributed by atoms with Crippen molar-refractivity contribution >= 4 is 23.5 Å². The number of hydrogen-bond acceptors (Lipinski definition) is 4. The van der Waals surface area contributed by atoms with Crippen LogP contribution in [0.15, 0.2) is 12.1 Å². The lowest BCUT2D eigenvalue weighted by atomic mass is 9.99. The Balaban J connectivity index is 3.08. The van der Waals surface area contributed by atoms with E-state index in [1.807, 2.05) is 6.92 Å². The normalized spacial score (nSPS) is 13.1. The summed E-state index contributed by atoms with van der Waals surface area (Å²) in [4.78, 5) is 23.7. The first-order valence-corrected chi connectivity index (χ1v) is 7.77. The molecule has 7 heteroatoms. The number of carbonyl (C=O) groups excluding carboxylic acids is 1. The largest absolute Gasteiger partial charge is 0.493 e. The van der Waals surface area contributed by atoms with Crippen molar-refractivity contribution in [3.05, 3.63) is 22.7 Å². The summed E-state index contributed by atoms with van der Waals surface area (Å²) in [6, 6.07) is 1.94. The molecule has 1 aromatic rings. The van der Waals surface area contributed by atoms with Gasteiger partial charge in [0.2, 0.25) is 0 Å². The van der Waals surface area contributed by atoms with Crippen LogP contribution >= 0.6 is 11.6 Å². The van der Waals surface area contributed by atoms with Gasteiger partial charge >= 0.3 is 5.97 Å².